The number of halogens is 1. The summed E-state index contributed by atoms with van der Waals surface area (Å²) in [5.74, 6) is 1.26. The van der Waals surface area contributed by atoms with Crippen molar-refractivity contribution in [1.82, 2.24) is 0 Å². The highest BCUT2D eigenvalue weighted by atomic mass is 19.1. The number of hydrogen-bond acceptors (Lipinski definition) is 2. The van der Waals surface area contributed by atoms with E-state index in [1.807, 2.05) is 0 Å². The smallest absolute Gasteiger partial charge is 0.126 e. The van der Waals surface area contributed by atoms with Gasteiger partial charge in [-0.1, -0.05) is 19.8 Å². The summed E-state index contributed by atoms with van der Waals surface area (Å²) < 4.78 is 19.2. The van der Waals surface area contributed by atoms with Gasteiger partial charge in [-0.2, -0.15) is 0 Å². The Bertz CT molecular complexity index is 421. The minimum absolute atomic E-state index is 0.0650. The molecule has 3 atom stereocenters. The molecule has 0 aromatic heterocycles. The first kappa shape index (κ1) is 14.3. The molecule has 3 unspecified atom stereocenters. The Labute approximate surface area is 115 Å². The molecule has 1 aromatic rings. The van der Waals surface area contributed by atoms with Gasteiger partial charge in [-0.05, 0) is 55.9 Å². The number of aryl methyl sites for hydroxylation is 1. The van der Waals surface area contributed by atoms with E-state index in [1.54, 1.807) is 19.1 Å². The summed E-state index contributed by atoms with van der Waals surface area (Å²) in [7, 11) is 0. The fourth-order valence-electron chi connectivity index (χ4n) is 2.91. The first-order valence-corrected chi connectivity index (χ1v) is 7.28. The third-order valence-electron chi connectivity index (χ3n) is 4.07. The lowest BCUT2D eigenvalue weighted by Gasteiger charge is -2.34. The quantitative estimate of drug-likeness (QED) is 0.898. The molecule has 2 nitrogen and oxygen atoms in total. The lowest BCUT2D eigenvalue weighted by molar-refractivity contribution is 0.0991. The van der Waals surface area contributed by atoms with Crippen LogP contribution in [0.5, 0.6) is 5.75 Å². The Balaban J connectivity index is 2.01. The molecule has 1 saturated carbocycles. The summed E-state index contributed by atoms with van der Waals surface area (Å²) in [4.78, 5) is 0. The van der Waals surface area contributed by atoms with Crippen LogP contribution in [0.3, 0.4) is 0 Å². The highest BCUT2D eigenvalue weighted by Gasteiger charge is 2.29. The van der Waals surface area contributed by atoms with Crippen LogP contribution in [0.15, 0.2) is 18.2 Å². The molecule has 0 spiro atoms. The third kappa shape index (κ3) is 3.69. The van der Waals surface area contributed by atoms with E-state index in [-0.39, 0.29) is 18.0 Å². The number of benzene rings is 1. The molecule has 0 saturated heterocycles. The van der Waals surface area contributed by atoms with Crippen LogP contribution in [0, 0.1) is 18.7 Å². The molecule has 1 fully saturated rings. The lowest BCUT2D eigenvalue weighted by Crippen LogP contribution is -2.43. The first-order valence-electron chi connectivity index (χ1n) is 7.28. The van der Waals surface area contributed by atoms with Gasteiger partial charge in [-0.25, -0.2) is 4.39 Å². The lowest BCUT2D eigenvalue weighted by atomic mass is 9.82. The Morgan fingerprint density at radius 3 is 2.84 bits per heavy atom. The first-order chi connectivity index (χ1) is 9.10. The summed E-state index contributed by atoms with van der Waals surface area (Å²) in [5.41, 5.74) is 6.77. The van der Waals surface area contributed by atoms with E-state index < -0.39 is 0 Å². The maximum Gasteiger partial charge on any atom is 0.126 e. The Morgan fingerprint density at radius 1 is 1.37 bits per heavy atom. The van der Waals surface area contributed by atoms with Crippen molar-refractivity contribution in [1.29, 1.82) is 0 Å². The highest BCUT2D eigenvalue weighted by Crippen LogP contribution is 2.30. The van der Waals surface area contributed by atoms with Gasteiger partial charge >= 0.3 is 0 Å². The standard InChI is InChI=1S/C16H24FNO/c1-3-4-12-5-8-15(18)16(10-12)19-13-6-7-14(17)11(2)9-13/h6-7,9,12,15-16H,3-5,8,10,18H2,1-2H3. The molecule has 0 bridgehead atoms. The number of ether oxygens (including phenoxy) is 1. The molecule has 1 aromatic carbocycles. The second-order valence-corrected chi connectivity index (χ2v) is 5.70. The van der Waals surface area contributed by atoms with Crippen molar-refractivity contribution in [2.45, 2.75) is 58.1 Å². The molecule has 1 aliphatic carbocycles. The van der Waals surface area contributed by atoms with Crippen molar-refractivity contribution in [2.24, 2.45) is 11.7 Å². The number of hydrogen-bond donors (Lipinski definition) is 1. The molecule has 1 aliphatic rings. The summed E-state index contributed by atoms with van der Waals surface area (Å²) in [5, 5.41) is 0. The van der Waals surface area contributed by atoms with E-state index in [1.165, 1.54) is 25.3 Å². The zero-order chi connectivity index (χ0) is 13.8. The van der Waals surface area contributed by atoms with Crippen molar-refractivity contribution >= 4 is 0 Å². The molecule has 0 radical (unpaired) electrons. The zero-order valence-electron chi connectivity index (χ0n) is 11.9. The second-order valence-electron chi connectivity index (χ2n) is 5.70. The van der Waals surface area contributed by atoms with Crippen LogP contribution >= 0.6 is 0 Å². The molecule has 2 N–H and O–H groups in total. The summed E-state index contributed by atoms with van der Waals surface area (Å²) in [6.45, 7) is 3.97. The van der Waals surface area contributed by atoms with Crippen LogP contribution in [-0.2, 0) is 0 Å². The molecule has 19 heavy (non-hydrogen) atoms. The summed E-state index contributed by atoms with van der Waals surface area (Å²) in [6.07, 6.45) is 5.77. The average Bonchev–Trinajstić information content (AvgIpc) is 2.38. The van der Waals surface area contributed by atoms with Crippen LogP contribution < -0.4 is 10.5 Å². The molecule has 0 amide bonds. The number of rotatable bonds is 4. The predicted molar refractivity (Wildman–Crippen MR) is 75.8 cm³/mol. The van der Waals surface area contributed by atoms with E-state index in [9.17, 15) is 4.39 Å². The van der Waals surface area contributed by atoms with Gasteiger partial charge in [0.15, 0.2) is 0 Å². The van der Waals surface area contributed by atoms with Crippen molar-refractivity contribution in [2.75, 3.05) is 0 Å². The van der Waals surface area contributed by atoms with Crippen LogP contribution in [0.25, 0.3) is 0 Å². The number of nitrogens with two attached hydrogens (primary N) is 1. The normalized spacial score (nSPS) is 27.3. The van der Waals surface area contributed by atoms with E-state index in [4.69, 9.17) is 10.5 Å². The van der Waals surface area contributed by atoms with Crippen LogP contribution in [0.4, 0.5) is 4.39 Å². The Kier molecular flexibility index (Phi) is 4.81. The van der Waals surface area contributed by atoms with Crippen molar-refractivity contribution < 1.29 is 9.13 Å². The van der Waals surface area contributed by atoms with Gasteiger partial charge < -0.3 is 10.5 Å². The largest absolute Gasteiger partial charge is 0.489 e. The van der Waals surface area contributed by atoms with Gasteiger partial charge in [-0.15, -0.1) is 0 Å². The summed E-state index contributed by atoms with van der Waals surface area (Å²) >= 11 is 0. The SMILES string of the molecule is CCCC1CCC(N)C(Oc2ccc(F)c(C)c2)C1. The van der Waals surface area contributed by atoms with Gasteiger partial charge in [0.05, 0.1) is 0 Å². The van der Waals surface area contributed by atoms with E-state index in [0.29, 0.717) is 5.56 Å². The molecule has 3 heteroatoms. The molecule has 2 rings (SSSR count). The van der Waals surface area contributed by atoms with Crippen LogP contribution in [0.2, 0.25) is 0 Å². The second kappa shape index (κ2) is 6.38. The Morgan fingerprint density at radius 2 is 2.16 bits per heavy atom. The van der Waals surface area contributed by atoms with Crippen LogP contribution in [0.1, 0.15) is 44.6 Å². The predicted octanol–water partition coefficient (Wildman–Crippen LogP) is 3.81. The third-order valence-corrected chi connectivity index (χ3v) is 4.07. The minimum atomic E-state index is -0.191. The van der Waals surface area contributed by atoms with E-state index in [2.05, 4.69) is 6.92 Å². The fraction of sp³-hybridized carbons (Fsp3) is 0.625. The minimum Gasteiger partial charge on any atom is -0.489 e. The molecule has 0 heterocycles. The molecular weight excluding hydrogens is 241 g/mol. The van der Waals surface area contributed by atoms with Gasteiger partial charge in [-0.3, -0.25) is 0 Å². The van der Waals surface area contributed by atoms with E-state index >= 15 is 0 Å². The van der Waals surface area contributed by atoms with Crippen LogP contribution in [-0.4, -0.2) is 12.1 Å². The Hall–Kier alpha value is -1.09. The van der Waals surface area contributed by atoms with Gasteiger partial charge in [0, 0.05) is 6.04 Å². The molecular formula is C16H24FNO. The van der Waals surface area contributed by atoms with Crippen molar-refractivity contribution in [3.05, 3.63) is 29.6 Å². The highest BCUT2D eigenvalue weighted by molar-refractivity contribution is 5.29. The van der Waals surface area contributed by atoms with Crippen molar-refractivity contribution in [3.8, 4) is 5.75 Å². The maximum absolute atomic E-state index is 13.2. The molecule has 106 valence electrons. The van der Waals surface area contributed by atoms with Gasteiger partial charge in [0.1, 0.15) is 17.7 Å². The van der Waals surface area contributed by atoms with Gasteiger partial charge in [0.25, 0.3) is 0 Å². The maximum atomic E-state index is 13.2. The van der Waals surface area contributed by atoms with Crippen molar-refractivity contribution in [3.63, 3.8) is 0 Å². The topological polar surface area (TPSA) is 35.2 Å². The van der Waals surface area contributed by atoms with Gasteiger partial charge in [0.2, 0.25) is 0 Å². The zero-order valence-corrected chi connectivity index (χ0v) is 11.9. The monoisotopic (exact) mass is 265 g/mol. The van der Waals surface area contributed by atoms with E-state index in [0.717, 1.165) is 24.5 Å². The molecule has 0 aliphatic heterocycles. The summed E-state index contributed by atoms with van der Waals surface area (Å²) in [6, 6.07) is 5.01. The average molecular weight is 265 g/mol. The fourth-order valence-corrected chi connectivity index (χ4v) is 2.91.